The largest absolute Gasteiger partial charge is 0.482 e. The van der Waals surface area contributed by atoms with E-state index in [0.717, 1.165) is 16.6 Å². The fraction of sp³-hybridized carbons (Fsp3) is 0.412. The van der Waals surface area contributed by atoms with E-state index < -0.39 is 5.97 Å². The summed E-state index contributed by atoms with van der Waals surface area (Å²) in [4.78, 5) is 23.6. The van der Waals surface area contributed by atoms with Crippen LogP contribution in [-0.4, -0.2) is 36.3 Å². The van der Waals surface area contributed by atoms with E-state index >= 15 is 0 Å². The van der Waals surface area contributed by atoms with Gasteiger partial charge in [-0.2, -0.15) is 0 Å². The molecular formula is C17H21NO5. The number of ether oxygens (including phenoxy) is 3. The van der Waals surface area contributed by atoms with Gasteiger partial charge in [-0.05, 0) is 39.0 Å². The van der Waals surface area contributed by atoms with E-state index in [2.05, 4.69) is 0 Å². The van der Waals surface area contributed by atoms with E-state index in [1.165, 1.54) is 0 Å². The van der Waals surface area contributed by atoms with E-state index in [0.29, 0.717) is 24.5 Å². The average molecular weight is 319 g/mol. The molecule has 0 aliphatic heterocycles. The van der Waals surface area contributed by atoms with Crippen molar-refractivity contribution in [2.45, 2.75) is 20.8 Å². The number of aromatic nitrogens is 1. The van der Waals surface area contributed by atoms with Crippen LogP contribution in [0.1, 0.15) is 29.9 Å². The third-order valence-electron chi connectivity index (χ3n) is 3.61. The Bertz CT molecular complexity index is 732. The molecule has 0 radical (unpaired) electrons. The monoisotopic (exact) mass is 319 g/mol. The second-order valence-corrected chi connectivity index (χ2v) is 5.01. The molecule has 23 heavy (non-hydrogen) atoms. The van der Waals surface area contributed by atoms with Crippen molar-refractivity contribution >= 4 is 22.8 Å². The van der Waals surface area contributed by atoms with Crippen molar-refractivity contribution in [3.63, 3.8) is 0 Å². The molecule has 0 N–H and O–H groups in total. The van der Waals surface area contributed by atoms with E-state index in [1.807, 2.05) is 24.6 Å². The Labute approximate surface area is 134 Å². The Balaban J connectivity index is 2.35. The molecule has 0 aliphatic rings. The number of hydrogen-bond acceptors (Lipinski definition) is 5. The molecule has 2 rings (SSSR count). The van der Waals surface area contributed by atoms with Crippen LogP contribution in [0, 0.1) is 6.92 Å². The van der Waals surface area contributed by atoms with Crippen LogP contribution in [0.3, 0.4) is 0 Å². The van der Waals surface area contributed by atoms with Gasteiger partial charge in [0.2, 0.25) is 0 Å². The first-order chi connectivity index (χ1) is 11.0. The first-order valence-corrected chi connectivity index (χ1v) is 7.54. The smallest absolute Gasteiger partial charge is 0.344 e. The molecule has 6 nitrogen and oxygen atoms in total. The van der Waals surface area contributed by atoms with Crippen molar-refractivity contribution in [2.24, 2.45) is 7.05 Å². The van der Waals surface area contributed by atoms with Crippen LogP contribution in [0.5, 0.6) is 5.75 Å². The SMILES string of the molecule is CCOC(=O)COc1ccc2c(c1)c(C(=O)OCC)c(C)n2C. The number of aryl methyl sites for hydroxylation is 1. The topological polar surface area (TPSA) is 66.8 Å². The molecule has 6 heteroatoms. The average Bonchev–Trinajstić information content (AvgIpc) is 2.77. The minimum absolute atomic E-state index is 0.167. The highest BCUT2D eigenvalue weighted by Gasteiger charge is 2.20. The quantitative estimate of drug-likeness (QED) is 0.766. The molecule has 0 fully saturated rings. The van der Waals surface area contributed by atoms with Gasteiger partial charge >= 0.3 is 11.9 Å². The lowest BCUT2D eigenvalue weighted by Gasteiger charge is -2.06. The molecule has 1 aromatic heterocycles. The van der Waals surface area contributed by atoms with Gasteiger partial charge in [-0.3, -0.25) is 0 Å². The molecule has 0 unspecified atom stereocenters. The Morgan fingerprint density at radius 3 is 2.48 bits per heavy atom. The van der Waals surface area contributed by atoms with Crippen LogP contribution in [0.25, 0.3) is 10.9 Å². The summed E-state index contributed by atoms with van der Waals surface area (Å²) >= 11 is 0. The summed E-state index contributed by atoms with van der Waals surface area (Å²) in [5.74, 6) is -0.290. The van der Waals surface area contributed by atoms with E-state index in [4.69, 9.17) is 14.2 Å². The van der Waals surface area contributed by atoms with Gasteiger partial charge in [-0.15, -0.1) is 0 Å². The van der Waals surface area contributed by atoms with Crippen LogP contribution in [0.15, 0.2) is 18.2 Å². The van der Waals surface area contributed by atoms with E-state index in [-0.39, 0.29) is 12.6 Å². The second kappa shape index (κ2) is 7.17. The van der Waals surface area contributed by atoms with Crippen molar-refractivity contribution in [1.29, 1.82) is 0 Å². The highest BCUT2D eigenvalue weighted by molar-refractivity contribution is 6.06. The van der Waals surface area contributed by atoms with Gasteiger partial charge in [-0.25, -0.2) is 9.59 Å². The van der Waals surface area contributed by atoms with E-state index in [9.17, 15) is 9.59 Å². The van der Waals surface area contributed by atoms with Crippen molar-refractivity contribution in [3.05, 3.63) is 29.5 Å². The molecular weight excluding hydrogens is 298 g/mol. The summed E-state index contributed by atoms with van der Waals surface area (Å²) in [7, 11) is 1.89. The molecule has 2 aromatic rings. The van der Waals surface area contributed by atoms with Crippen LogP contribution >= 0.6 is 0 Å². The lowest BCUT2D eigenvalue weighted by Crippen LogP contribution is -2.14. The molecule has 1 heterocycles. The highest BCUT2D eigenvalue weighted by atomic mass is 16.6. The van der Waals surface area contributed by atoms with Gasteiger partial charge < -0.3 is 18.8 Å². The van der Waals surface area contributed by atoms with Crippen molar-refractivity contribution in [2.75, 3.05) is 19.8 Å². The lowest BCUT2D eigenvalue weighted by molar-refractivity contribution is -0.145. The zero-order chi connectivity index (χ0) is 17.0. The summed E-state index contributed by atoms with van der Waals surface area (Å²) in [6, 6.07) is 5.36. The molecule has 0 spiro atoms. The fourth-order valence-electron chi connectivity index (χ4n) is 2.45. The summed E-state index contributed by atoms with van der Waals surface area (Å²) in [6.07, 6.45) is 0. The third kappa shape index (κ3) is 3.47. The first kappa shape index (κ1) is 16.9. The van der Waals surface area contributed by atoms with Crippen LogP contribution in [0.4, 0.5) is 0 Å². The van der Waals surface area contributed by atoms with Gasteiger partial charge in [0.1, 0.15) is 5.75 Å². The lowest BCUT2D eigenvalue weighted by atomic mass is 10.1. The zero-order valence-electron chi connectivity index (χ0n) is 13.8. The fourth-order valence-corrected chi connectivity index (χ4v) is 2.45. The van der Waals surface area contributed by atoms with Crippen LogP contribution in [0.2, 0.25) is 0 Å². The Hall–Kier alpha value is -2.50. The van der Waals surface area contributed by atoms with Crippen LogP contribution < -0.4 is 4.74 Å². The van der Waals surface area contributed by atoms with Crippen molar-refractivity contribution in [1.82, 2.24) is 4.57 Å². The van der Waals surface area contributed by atoms with Crippen molar-refractivity contribution in [3.8, 4) is 5.75 Å². The van der Waals surface area contributed by atoms with Gasteiger partial charge in [0.25, 0.3) is 0 Å². The van der Waals surface area contributed by atoms with Crippen molar-refractivity contribution < 1.29 is 23.8 Å². The molecule has 0 aliphatic carbocycles. The number of hydrogen-bond donors (Lipinski definition) is 0. The third-order valence-corrected chi connectivity index (χ3v) is 3.61. The summed E-state index contributed by atoms with van der Waals surface area (Å²) in [6.45, 7) is 5.83. The standard InChI is InChI=1S/C17H21NO5/c1-5-21-15(19)10-23-12-7-8-14-13(9-12)16(11(3)18(14)4)17(20)22-6-2/h7-9H,5-6,10H2,1-4H3. The molecule has 124 valence electrons. The molecule has 0 amide bonds. The van der Waals surface area contributed by atoms with Gasteiger partial charge in [0.05, 0.1) is 18.8 Å². The minimum Gasteiger partial charge on any atom is -0.482 e. The summed E-state index contributed by atoms with van der Waals surface area (Å²) in [5, 5.41) is 0.741. The Morgan fingerprint density at radius 1 is 1.13 bits per heavy atom. The zero-order valence-corrected chi connectivity index (χ0v) is 13.8. The van der Waals surface area contributed by atoms with Crippen LogP contribution in [-0.2, 0) is 21.3 Å². The Morgan fingerprint density at radius 2 is 1.83 bits per heavy atom. The molecule has 0 saturated heterocycles. The van der Waals surface area contributed by atoms with Gasteiger partial charge in [0.15, 0.2) is 6.61 Å². The predicted molar refractivity (Wildman–Crippen MR) is 85.7 cm³/mol. The normalized spacial score (nSPS) is 10.6. The molecule has 0 saturated carbocycles. The number of fused-ring (bicyclic) bond motifs is 1. The summed E-state index contributed by atoms with van der Waals surface area (Å²) in [5.41, 5.74) is 2.24. The highest BCUT2D eigenvalue weighted by Crippen LogP contribution is 2.29. The maximum atomic E-state index is 12.2. The first-order valence-electron chi connectivity index (χ1n) is 7.54. The van der Waals surface area contributed by atoms with Gasteiger partial charge in [0, 0.05) is 23.6 Å². The number of benzene rings is 1. The molecule has 0 bridgehead atoms. The number of nitrogens with zero attached hydrogens (tertiary/aromatic N) is 1. The van der Waals surface area contributed by atoms with E-state index in [1.54, 1.807) is 26.0 Å². The number of rotatable bonds is 6. The summed E-state index contributed by atoms with van der Waals surface area (Å²) < 4.78 is 17.3. The molecule has 0 atom stereocenters. The Kier molecular flexibility index (Phi) is 5.26. The molecule has 1 aromatic carbocycles. The maximum absolute atomic E-state index is 12.2. The number of carbonyl (C=O) groups excluding carboxylic acids is 2. The number of carbonyl (C=O) groups is 2. The minimum atomic E-state index is -0.428. The predicted octanol–water partition coefficient (Wildman–Crippen LogP) is 2.61. The second-order valence-electron chi connectivity index (χ2n) is 5.01. The maximum Gasteiger partial charge on any atom is 0.344 e. The van der Waals surface area contributed by atoms with Gasteiger partial charge in [-0.1, -0.05) is 0 Å². The number of esters is 2.